The van der Waals surface area contributed by atoms with Crippen LogP contribution in [0.25, 0.3) is 0 Å². The number of carbonyl (C=O) groups is 1. The van der Waals surface area contributed by atoms with Gasteiger partial charge in [-0.2, -0.15) is 0 Å². The highest BCUT2D eigenvalue weighted by atomic mass is 16.5. The summed E-state index contributed by atoms with van der Waals surface area (Å²) in [5, 5.41) is 0. The summed E-state index contributed by atoms with van der Waals surface area (Å²) in [7, 11) is 1.45. The van der Waals surface area contributed by atoms with Crippen LogP contribution in [0.15, 0.2) is 48.6 Å². The van der Waals surface area contributed by atoms with Gasteiger partial charge in [0.15, 0.2) is 0 Å². The van der Waals surface area contributed by atoms with E-state index in [-0.39, 0.29) is 11.9 Å². The highest BCUT2D eigenvalue weighted by Crippen LogP contribution is 2.25. The molecule has 0 heterocycles. The van der Waals surface area contributed by atoms with Gasteiger partial charge in [0.05, 0.1) is 13.0 Å². The lowest BCUT2D eigenvalue weighted by atomic mass is 9.86. The van der Waals surface area contributed by atoms with E-state index < -0.39 is 0 Å². The molecule has 0 rings (SSSR count). The second-order valence-electron chi connectivity index (χ2n) is 8.32. The Morgan fingerprint density at radius 2 is 1.46 bits per heavy atom. The van der Waals surface area contributed by atoms with Gasteiger partial charge >= 0.3 is 5.97 Å². The molecule has 0 N–H and O–H groups in total. The molecule has 0 amide bonds. The fourth-order valence-corrected chi connectivity index (χ4v) is 2.98. The van der Waals surface area contributed by atoms with Crippen molar-refractivity contribution in [2.45, 2.75) is 91.9 Å². The van der Waals surface area contributed by atoms with Crippen molar-refractivity contribution in [2.24, 2.45) is 11.3 Å². The molecule has 0 saturated heterocycles. The van der Waals surface area contributed by atoms with E-state index in [9.17, 15) is 4.79 Å². The SMILES string of the molecule is CCCCCCC(C)(C)/C=C\C/C=C\C/C=C\C/C=C\CCC(C)C(=O)OC. The van der Waals surface area contributed by atoms with E-state index in [4.69, 9.17) is 4.74 Å². The van der Waals surface area contributed by atoms with Gasteiger partial charge in [0.25, 0.3) is 0 Å². The van der Waals surface area contributed by atoms with Crippen LogP contribution in [0.5, 0.6) is 0 Å². The number of esters is 1. The Balaban J connectivity index is 3.77. The molecule has 0 aliphatic heterocycles. The van der Waals surface area contributed by atoms with E-state index in [1.165, 1.54) is 39.2 Å². The number of hydrogen-bond donors (Lipinski definition) is 0. The van der Waals surface area contributed by atoms with Crippen molar-refractivity contribution < 1.29 is 9.53 Å². The number of rotatable bonds is 16. The van der Waals surface area contributed by atoms with Crippen molar-refractivity contribution in [3.05, 3.63) is 48.6 Å². The van der Waals surface area contributed by atoms with E-state index in [0.29, 0.717) is 5.41 Å². The largest absolute Gasteiger partial charge is 0.469 e. The molecular formula is C26H44O2. The highest BCUT2D eigenvalue weighted by molar-refractivity contribution is 5.71. The zero-order valence-corrected chi connectivity index (χ0v) is 19.1. The average Bonchev–Trinajstić information content (AvgIpc) is 2.67. The predicted molar refractivity (Wildman–Crippen MR) is 123 cm³/mol. The second-order valence-corrected chi connectivity index (χ2v) is 8.32. The summed E-state index contributed by atoms with van der Waals surface area (Å²) in [6.07, 6.45) is 29.3. The Morgan fingerprint density at radius 3 is 2.04 bits per heavy atom. The van der Waals surface area contributed by atoms with Crippen molar-refractivity contribution in [2.75, 3.05) is 7.11 Å². The van der Waals surface area contributed by atoms with Gasteiger partial charge in [-0.3, -0.25) is 4.79 Å². The van der Waals surface area contributed by atoms with Crippen LogP contribution >= 0.6 is 0 Å². The molecule has 0 bridgehead atoms. The molecule has 0 aromatic rings. The molecule has 2 heteroatoms. The Kier molecular flexibility index (Phi) is 16.5. The molecule has 28 heavy (non-hydrogen) atoms. The molecule has 0 aromatic carbocycles. The fourth-order valence-electron chi connectivity index (χ4n) is 2.98. The minimum Gasteiger partial charge on any atom is -0.469 e. The first-order chi connectivity index (χ1) is 13.4. The van der Waals surface area contributed by atoms with E-state index in [1.54, 1.807) is 0 Å². The van der Waals surface area contributed by atoms with Crippen LogP contribution in [0.3, 0.4) is 0 Å². The molecule has 0 radical (unpaired) electrons. The lowest BCUT2D eigenvalue weighted by Crippen LogP contribution is -2.11. The van der Waals surface area contributed by atoms with E-state index in [0.717, 1.165) is 32.1 Å². The maximum absolute atomic E-state index is 11.3. The quantitative estimate of drug-likeness (QED) is 0.152. The van der Waals surface area contributed by atoms with Crippen LogP contribution in [0.1, 0.15) is 91.9 Å². The van der Waals surface area contributed by atoms with Gasteiger partial charge in [0.2, 0.25) is 0 Å². The summed E-state index contributed by atoms with van der Waals surface area (Å²) in [6, 6.07) is 0. The third-order valence-corrected chi connectivity index (χ3v) is 4.93. The standard InChI is InChI=1S/C26H44O2/c1-6-7-8-19-22-26(3,4)23-20-17-15-13-11-9-10-12-14-16-18-21-24(2)25(27)28-5/h9-10,13-16,20,23-24H,6-8,11-12,17-19,21-22H2,1-5H3/b10-9-,15-13-,16-14-,23-20-. The van der Waals surface area contributed by atoms with E-state index in [2.05, 4.69) is 69.4 Å². The third kappa shape index (κ3) is 16.6. The molecule has 1 atom stereocenters. The number of methoxy groups -OCH3 is 1. The topological polar surface area (TPSA) is 26.3 Å². The first-order valence-corrected chi connectivity index (χ1v) is 11.1. The van der Waals surface area contributed by atoms with Crippen LogP contribution in [-0.2, 0) is 9.53 Å². The molecule has 1 unspecified atom stereocenters. The fraction of sp³-hybridized carbons (Fsp3) is 0.654. The van der Waals surface area contributed by atoms with Crippen molar-refractivity contribution >= 4 is 5.97 Å². The summed E-state index contributed by atoms with van der Waals surface area (Å²) in [4.78, 5) is 11.3. The molecule has 0 saturated carbocycles. The van der Waals surface area contributed by atoms with Gasteiger partial charge < -0.3 is 4.74 Å². The van der Waals surface area contributed by atoms with Gasteiger partial charge in [-0.1, -0.05) is 102 Å². The van der Waals surface area contributed by atoms with Gasteiger partial charge in [-0.05, 0) is 43.9 Å². The second kappa shape index (κ2) is 17.5. The molecule has 0 aliphatic carbocycles. The smallest absolute Gasteiger partial charge is 0.308 e. The summed E-state index contributed by atoms with van der Waals surface area (Å²) < 4.78 is 4.72. The first-order valence-electron chi connectivity index (χ1n) is 11.1. The van der Waals surface area contributed by atoms with E-state index in [1.807, 2.05) is 6.92 Å². The number of allylic oxidation sites excluding steroid dienone is 8. The minimum absolute atomic E-state index is 0.0176. The first kappa shape index (κ1) is 26.4. The number of hydrogen-bond acceptors (Lipinski definition) is 2. The number of unbranched alkanes of at least 4 members (excludes halogenated alkanes) is 3. The Labute approximate surface area is 174 Å². The molecule has 160 valence electrons. The Bertz CT molecular complexity index is 495. The van der Waals surface area contributed by atoms with Gasteiger partial charge in [0, 0.05) is 0 Å². The maximum atomic E-state index is 11.3. The van der Waals surface area contributed by atoms with Gasteiger partial charge in [-0.25, -0.2) is 0 Å². The Hall–Kier alpha value is -1.57. The van der Waals surface area contributed by atoms with Crippen molar-refractivity contribution in [3.8, 4) is 0 Å². The summed E-state index contributed by atoms with van der Waals surface area (Å²) in [5.41, 5.74) is 0.322. The molecule has 0 aromatic heterocycles. The maximum Gasteiger partial charge on any atom is 0.308 e. The molecule has 0 aliphatic rings. The summed E-state index contributed by atoms with van der Waals surface area (Å²) >= 11 is 0. The van der Waals surface area contributed by atoms with E-state index >= 15 is 0 Å². The van der Waals surface area contributed by atoms with Crippen LogP contribution in [0.2, 0.25) is 0 Å². The lowest BCUT2D eigenvalue weighted by molar-refractivity contribution is -0.144. The summed E-state index contributed by atoms with van der Waals surface area (Å²) in [5.74, 6) is -0.138. The third-order valence-electron chi connectivity index (χ3n) is 4.93. The highest BCUT2D eigenvalue weighted by Gasteiger charge is 2.12. The average molecular weight is 389 g/mol. The zero-order valence-electron chi connectivity index (χ0n) is 19.1. The van der Waals surface area contributed by atoms with Crippen LogP contribution in [0.4, 0.5) is 0 Å². The van der Waals surface area contributed by atoms with Gasteiger partial charge in [-0.15, -0.1) is 0 Å². The molecule has 2 nitrogen and oxygen atoms in total. The Morgan fingerprint density at radius 1 is 0.893 bits per heavy atom. The predicted octanol–water partition coefficient (Wildman–Crippen LogP) is 7.97. The van der Waals surface area contributed by atoms with Crippen LogP contribution in [0, 0.1) is 11.3 Å². The van der Waals surface area contributed by atoms with Crippen LogP contribution in [-0.4, -0.2) is 13.1 Å². The summed E-state index contributed by atoms with van der Waals surface area (Å²) in [6.45, 7) is 8.85. The zero-order chi connectivity index (χ0) is 21.1. The van der Waals surface area contributed by atoms with Crippen molar-refractivity contribution in [1.29, 1.82) is 0 Å². The van der Waals surface area contributed by atoms with Crippen molar-refractivity contribution in [3.63, 3.8) is 0 Å². The normalized spacial score (nSPS) is 14.0. The molecule has 0 spiro atoms. The molecular weight excluding hydrogens is 344 g/mol. The lowest BCUT2D eigenvalue weighted by Gasteiger charge is -2.19. The number of ether oxygens (including phenoxy) is 1. The van der Waals surface area contributed by atoms with Crippen molar-refractivity contribution in [1.82, 2.24) is 0 Å². The van der Waals surface area contributed by atoms with Gasteiger partial charge in [0.1, 0.15) is 0 Å². The van der Waals surface area contributed by atoms with Crippen LogP contribution < -0.4 is 0 Å². The molecule has 0 fully saturated rings. The monoisotopic (exact) mass is 388 g/mol. The number of carbonyl (C=O) groups excluding carboxylic acids is 1. The minimum atomic E-state index is -0.120.